The van der Waals surface area contributed by atoms with Gasteiger partial charge in [0.15, 0.2) is 0 Å². The highest BCUT2D eigenvalue weighted by Gasteiger charge is 2.21. The molecule has 110 valence electrons. The largest absolute Gasteiger partial charge is 0.466 e. The van der Waals surface area contributed by atoms with E-state index in [1.54, 1.807) is 13.8 Å². The second-order valence-electron chi connectivity index (χ2n) is 4.10. The number of benzene rings is 1. The second-order valence-corrected chi connectivity index (χ2v) is 4.10. The summed E-state index contributed by atoms with van der Waals surface area (Å²) in [5.74, 6) is -0.627. The zero-order valence-electron chi connectivity index (χ0n) is 11.9. The highest BCUT2D eigenvalue weighted by molar-refractivity contribution is 5.77. The molecule has 5 nitrogen and oxygen atoms in total. The number of carbonyl (C=O) groups is 2. The van der Waals surface area contributed by atoms with E-state index in [0.29, 0.717) is 19.8 Å². The molecule has 0 heterocycles. The predicted molar refractivity (Wildman–Crippen MR) is 75.1 cm³/mol. The van der Waals surface area contributed by atoms with Crippen LogP contribution in [0.2, 0.25) is 0 Å². The van der Waals surface area contributed by atoms with Gasteiger partial charge in [-0.2, -0.15) is 0 Å². The van der Waals surface area contributed by atoms with Crippen LogP contribution in [0.5, 0.6) is 0 Å². The van der Waals surface area contributed by atoms with Crippen molar-refractivity contribution in [2.75, 3.05) is 19.8 Å². The Morgan fingerprint density at radius 2 is 1.75 bits per heavy atom. The normalized spacial score (nSPS) is 11.7. The Balaban J connectivity index is 2.60. The van der Waals surface area contributed by atoms with Crippen LogP contribution in [0.4, 0.5) is 0 Å². The predicted octanol–water partition coefficient (Wildman–Crippen LogP) is 1.83. The van der Waals surface area contributed by atoms with Gasteiger partial charge in [-0.3, -0.25) is 4.79 Å². The van der Waals surface area contributed by atoms with Crippen LogP contribution in [0, 0.1) is 0 Å². The van der Waals surface area contributed by atoms with Gasteiger partial charge in [0, 0.05) is 6.54 Å². The van der Waals surface area contributed by atoms with Gasteiger partial charge in [-0.25, -0.2) is 4.79 Å². The second kappa shape index (κ2) is 9.09. The minimum absolute atomic E-state index is 0.219. The molecule has 0 aromatic heterocycles. The fourth-order valence-corrected chi connectivity index (χ4v) is 1.76. The lowest BCUT2D eigenvalue weighted by atomic mass is 10.1. The maximum atomic E-state index is 11.9. The van der Waals surface area contributed by atoms with Gasteiger partial charge in [-0.1, -0.05) is 30.3 Å². The summed E-state index contributed by atoms with van der Waals surface area (Å²) in [4.78, 5) is 23.2. The number of ether oxygens (including phenoxy) is 2. The molecule has 0 saturated carbocycles. The lowest BCUT2D eigenvalue weighted by Crippen LogP contribution is -2.32. The molecule has 1 atom stereocenters. The molecule has 0 radical (unpaired) electrons. The zero-order valence-corrected chi connectivity index (χ0v) is 11.9. The van der Waals surface area contributed by atoms with Crippen molar-refractivity contribution >= 4 is 11.9 Å². The molecular formula is C15H21NO4. The molecule has 20 heavy (non-hydrogen) atoms. The van der Waals surface area contributed by atoms with Crippen LogP contribution in [0.3, 0.4) is 0 Å². The summed E-state index contributed by atoms with van der Waals surface area (Å²) < 4.78 is 9.89. The zero-order chi connectivity index (χ0) is 14.8. The molecule has 0 unspecified atom stereocenters. The molecule has 0 aliphatic carbocycles. The Bertz CT molecular complexity index is 419. The maximum Gasteiger partial charge on any atom is 0.327 e. The maximum absolute atomic E-state index is 11.9. The van der Waals surface area contributed by atoms with Gasteiger partial charge in [0.05, 0.1) is 19.6 Å². The summed E-state index contributed by atoms with van der Waals surface area (Å²) in [5.41, 5.74) is 0.815. The molecule has 0 fully saturated rings. The molecule has 0 aliphatic heterocycles. The van der Waals surface area contributed by atoms with Crippen molar-refractivity contribution in [2.24, 2.45) is 0 Å². The van der Waals surface area contributed by atoms with Gasteiger partial charge in [0.1, 0.15) is 6.04 Å². The van der Waals surface area contributed by atoms with Crippen molar-refractivity contribution in [1.82, 2.24) is 5.32 Å². The summed E-state index contributed by atoms with van der Waals surface area (Å²) in [6.45, 7) is 4.56. The number of esters is 2. The molecule has 1 aromatic rings. The van der Waals surface area contributed by atoms with Gasteiger partial charge in [0.2, 0.25) is 0 Å². The molecule has 1 N–H and O–H groups in total. The molecule has 1 aromatic carbocycles. The smallest absolute Gasteiger partial charge is 0.327 e. The Morgan fingerprint density at radius 3 is 2.35 bits per heavy atom. The Labute approximate surface area is 119 Å². The van der Waals surface area contributed by atoms with Crippen LogP contribution < -0.4 is 5.32 Å². The minimum Gasteiger partial charge on any atom is -0.466 e. The Kier molecular flexibility index (Phi) is 7.35. The van der Waals surface area contributed by atoms with Crippen LogP contribution in [-0.2, 0) is 19.1 Å². The average molecular weight is 279 g/mol. The van der Waals surface area contributed by atoms with Crippen LogP contribution in [-0.4, -0.2) is 31.7 Å². The molecule has 0 saturated heterocycles. The molecule has 1 rings (SSSR count). The number of hydrogen-bond acceptors (Lipinski definition) is 5. The van der Waals surface area contributed by atoms with Crippen molar-refractivity contribution in [2.45, 2.75) is 26.3 Å². The molecule has 5 heteroatoms. The van der Waals surface area contributed by atoms with Crippen LogP contribution in [0.15, 0.2) is 30.3 Å². The average Bonchev–Trinajstić information content (AvgIpc) is 2.45. The fraction of sp³-hybridized carbons (Fsp3) is 0.467. The summed E-state index contributed by atoms with van der Waals surface area (Å²) in [6, 6.07) is 8.72. The monoisotopic (exact) mass is 279 g/mol. The number of nitrogens with one attached hydrogen (secondary N) is 1. The van der Waals surface area contributed by atoms with Crippen LogP contribution in [0.1, 0.15) is 31.9 Å². The summed E-state index contributed by atoms with van der Waals surface area (Å²) in [7, 11) is 0. The van der Waals surface area contributed by atoms with E-state index in [1.807, 2.05) is 30.3 Å². The van der Waals surface area contributed by atoms with Crippen molar-refractivity contribution in [1.29, 1.82) is 0 Å². The topological polar surface area (TPSA) is 64.6 Å². The fourth-order valence-electron chi connectivity index (χ4n) is 1.76. The summed E-state index contributed by atoms with van der Waals surface area (Å²) >= 11 is 0. The van der Waals surface area contributed by atoms with E-state index in [4.69, 9.17) is 9.47 Å². The summed E-state index contributed by atoms with van der Waals surface area (Å²) in [6.07, 6.45) is 0.219. The number of hydrogen-bond donors (Lipinski definition) is 1. The lowest BCUT2D eigenvalue weighted by Gasteiger charge is -2.17. The van der Waals surface area contributed by atoms with E-state index in [2.05, 4.69) is 5.32 Å². The Hall–Kier alpha value is -1.88. The van der Waals surface area contributed by atoms with Gasteiger partial charge >= 0.3 is 11.9 Å². The first-order valence-electron chi connectivity index (χ1n) is 6.79. The first-order valence-corrected chi connectivity index (χ1v) is 6.79. The lowest BCUT2D eigenvalue weighted by molar-refractivity contribution is -0.147. The van der Waals surface area contributed by atoms with E-state index in [-0.39, 0.29) is 18.4 Å². The van der Waals surface area contributed by atoms with Gasteiger partial charge in [0.25, 0.3) is 0 Å². The van der Waals surface area contributed by atoms with Crippen molar-refractivity contribution in [3.63, 3.8) is 0 Å². The standard InChI is InChI=1S/C15H21NO4/c1-3-19-13(17)10-11-16-14(15(18)20-4-2)12-8-6-5-7-9-12/h5-9,14,16H,3-4,10-11H2,1-2H3/t14-/m0/s1. The number of rotatable bonds is 8. The number of carbonyl (C=O) groups excluding carboxylic acids is 2. The van der Waals surface area contributed by atoms with Crippen LogP contribution in [0.25, 0.3) is 0 Å². The van der Waals surface area contributed by atoms with E-state index < -0.39 is 6.04 Å². The third kappa shape index (κ3) is 5.40. The third-order valence-electron chi connectivity index (χ3n) is 2.64. The Morgan fingerprint density at radius 1 is 1.10 bits per heavy atom. The highest BCUT2D eigenvalue weighted by Crippen LogP contribution is 2.14. The first kappa shape index (κ1) is 16.2. The molecular weight excluding hydrogens is 258 g/mol. The van der Waals surface area contributed by atoms with Crippen molar-refractivity contribution in [3.8, 4) is 0 Å². The van der Waals surface area contributed by atoms with E-state index >= 15 is 0 Å². The quantitative estimate of drug-likeness (QED) is 0.735. The SMILES string of the molecule is CCOC(=O)CCN[C@H](C(=O)OCC)c1ccccc1. The van der Waals surface area contributed by atoms with Crippen LogP contribution >= 0.6 is 0 Å². The van der Waals surface area contributed by atoms with E-state index in [0.717, 1.165) is 5.56 Å². The van der Waals surface area contributed by atoms with Crippen molar-refractivity contribution in [3.05, 3.63) is 35.9 Å². The molecule has 0 amide bonds. The highest BCUT2D eigenvalue weighted by atomic mass is 16.5. The van der Waals surface area contributed by atoms with E-state index in [9.17, 15) is 9.59 Å². The third-order valence-corrected chi connectivity index (χ3v) is 2.64. The molecule has 0 aliphatic rings. The van der Waals surface area contributed by atoms with Gasteiger partial charge in [-0.15, -0.1) is 0 Å². The molecule has 0 bridgehead atoms. The van der Waals surface area contributed by atoms with Gasteiger partial charge < -0.3 is 14.8 Å². The van der Waals surface area contributed by atoms with E-state index in [1.165, 1.54) is 0 Å². The first-order chi connectivity index (χ1) is 9.69. The van der Waals surface area contributed by atoms with Gasteiger partial charge in [-0.05, 0) is 19.4 Å². The minimum atomic E-state index is -0.564. The van der Waals surface area contributed by atoms with Crippen molar-refractivity contribution < 1.29 is 19.1 Å². The summed E-state index contributed by atoms with van der Waals surface area (Å²) in [5, 5.41) is 3.03. The molecule has 0 spiro atoms.